The number of aliphatic hydroxyl groups excluding tert-OH is 1. The summed E-state index contributed by atoms with van der Waals surface area (Å²) in [6.45, 7) is 8.08. The maximum atomic E-state index is 12.4. The number of aliphatic hydroxyl groups is 1. The Bertz CT molecular complexity index is 584. The quantitative estimate of drug-likeness (QED) is 0.541. The van der Waals surface area contributed by atoms with Crippen LogP contribution in [0.25, 0.3) is 0 Å². The van der Waals surface area contributed by atoms with Gasteiger partial charge in [0.1, 0.15) is 17.9 Å². The minimum Gasteiger partial charge on any atom is -0.452 e. The lowest BCUT2D eigenvalue weighted by Crippen LogP contribution is -2.64. The van der Waals surface area contributed by atoms with Gasteiger partial charge in [-0.05, 0) is 39.3 Å². The fraction of sp³-hybridized carbons (Fsp3) is 0.737. The van der Waals surface area contributed by atoms with Gasteiger partial charge in [-0.15, -0.1) is 0 Å². The Morgan fingerprint density at radius 1 is 1.35 bits per heavy atom. The van der Waals surface area contributed by atoms with E-state index in [4.69, 9.17) is 18.9 Å². The van der Waals surface area contributed by atoms with E-state index in [1.807, 2.05) is 20.8 Å². The number of hydrogen-bond donors (Lipinski definition) is 2. The number of carbonyl (C=O) groups is 1. The summed E-state index contributed by atoms with van der Waals surface area (Å²) in [4.78, 5) is 15.4. The molecular formula is C19H31NO6. The van der Waals surface area contributed by atoms with Gasteiger partial charge in [-0.25, -0.2) is 4.79 Å². The van der Waals surface area contributed by atoms with Crippen molar-refractivity contribution in [3.05, 3.63) is 23.5 Å². The van der Waals surface area contributed by atoms with E-state index in [1.54, 1.807) is 12.1 Å². The molecule has 0 amide bonds. The number of aromatic nitrogens is 1. The first kappa shape index (κ1) is 20.9. The molecule has 26 heavy (non-hydrogen) atoms. The van der Waals surface area contributed by atoms with Crippen molar-refractivity contribution in [3.63, 3.8) is 0 Å². The summed E-state index contributed by atoms with van der Waals surface area (Å²) in [7, 11) is 1.50. The van der Waals surface area contributed by atoms with E-state index in [1.165, 1.54) is 7.11 Å². The van der Waals surface area contributed by atoms with Crippen LogP contribution in [-0.4, -0.2) is 60.0 Å². The average Bonchev–Trinajstić information content (AvgIpc) is 3.02. The third-order valence-electron chi connectivity index (χ3n) is 4.60. The second-order valence-electron chi connectivity index (χ2n) is 7.24. The van der Waals surface area contributed by atoms with E-state index < -0.39 is 36.2 Å². The standard InChI is InChI=1S/C19H31NO6/c1-6-7-8-11-24-18-14(21)15(16(23-5)19(3,4)26-18)25-17(22)13-10-9-12(2)20-13/h9-10,14-16,18,20-21H,6-8,11H2,1-5H3/t14?,15?,16-,18-/m1/s1. The molecule has 1 aliphatic heterocycles. The van der Waals surface area contributed by atoms with Crippen molar-refractivity contribution in [1.82, 2.24) is 4.98 Å². The Kier molecular flexibility index (Phi) is 7.23. The Balaban J connectivity index is 2.12. The number of esters is 1. The molecule has 2 unspecified atom stereocenters. The van der Waals surface area contributed by atoms with Gasteiger partial charge in [0.25, 0.3) is 0 Å². The maximum absolute atomic E-state index is 12.4. The fourth-order valence-electron chi connectivity index (χ4n) is 3.21. The monoisotopic (exact) mass is 369 g/mol. The van der Waals surface area contributed by atoms with Crippen molar-refractivity contribution in [2.75, 3.05) is 13.7 Å². The van der Waals surface area contributed by atoms with E-state index in [9.17, 15) is 9.90 Å². The van der Waals surface area contributed by atoms with E-state index in [2.05, 4.69) is 11.9 Å². The summed E-state index contributed by atoms with van der Waals surface area (Å²) in [5, 5.41) is 10.7. The summed E-state index contributed by atoms with van der Waals surface area (Å²) < 4.78 is 22.7. The predicted octanol–water partition coefficient (Wildman–Crippen LogP) is 2.57. The molecule has 4 atom stereocenters. The van der Waals surface area contributed by atoms with Gasteiger partial charge < -0.3 is 29.0 Å². The Morgan fingerprint density at radius 2 is 2.08 bits per heavy atom. The van der Waals surface area contributed by atoms with Crippen molar-refractivity contribution in [2.45, 2.75) is 77.2 Å². The SMILES string of the molecule is CCCCCO[C@@H]1OC(C)(C)[C@H](OC)C(OC(=O)c2ccc(C)[nH]2)C1O. The third-order valence-corrected chi connectivity index (χ3v) is 4.60. The minimum atomic E-state index is -1.14. The van der Waals surface area contributed by atoms with Gasteiger partial charge in [0, 0.05) is 19.4 Å². The van der Waals surface area contributed by atoms with Crippen molar-refractivity contribution in [3.8, 4) is 0 Å². The van der Waals surface area contributed by atoms with Crippen molar-refractivity contribution < 1.29 is 28.8 Å². The van der Waals surface area contributed by atoms with Crippen LogP contribution in [0.1, 0.15) is 56.2 Å². The summed E-state index contributed by atoms with van der Waals surface area (Å²) in [6.07, 6.45) is -0.569. The summed E-state index contributed by atoms with van der Waals surface area (Å²) >= 11 is 0. The molecule has 1 aliphatic rings. The summed E-state index contributed by atoms with van der Waals surface area (Å²) in [6, 6.07) is 3.43. The molecule has 0 radical (unpaired) electrons. The van der Waals surface area contributed by atoms with E-state index >= 15 is 0 Å². The molecule has 7 heteroatoms. The molecule has 2 N–H and O–H groups in total. The molecule has 0 saturated carbocycles. The zero-order valence-corrected chi connectivity index (χ0v) is 16.3. The average molecular weight is 369 g/mol. The highest BCUT2D eigenvalue weighted by Gasteiger charge is 2.52. The zero-order chi connectivity index (χ0) is 19.3. The van der Waals surface area contributed by atoms with Crippen LogP contribution >= 0.6 is 0 Å². The zero-order valence-electron chi connectivity index (χ0n) is 16.3. The predicted molar refractivity (Wildman–Crippen MR) is 96.0 cm³/mol. The van der Waals surface area contributed by atoms with E-state index in [-0.39, 0.29) is 0 Å². The van der Waals surface area contributed by atoms with Crippen molar-refractivity contribution in [1.29, 1.82) is 0 Å². The molecule has 1 aromatic rings. The highest BCUT2D eigenvalue weighted by molar-refractivity contribution is 5.87. The smallest absolute Gasteiger partial charge is 0.355 e. The molecule has 0 bridgehead atoms. The number of H-pyrrole nitrogens is 1. The largest absolute Gasteiger partial charge is 0.452 e. The van der Waals surface area contributed by atoms with Crippen LogP contribution in [-0.2, 0) is 18.9 Å². The molecule has 2 rings (SSSR count). The normalized spacial score (nSPS) is 28.1. The topological polar surface area (TPSA) is 90.0 Å². The molecule has 2 heterocycles. The number of aryl methyl sites for hydroxylation is 1. The maximum Gasteiger partial charge on any atom is 0.355 e. The molecule has 148 valence electrons. The highest BCUT2D eigenvalue weighted by Crippen LogP contribution is 2.34. The van der Waals surface area contributed by atoms with Crippen molar-refractivity contribution >= 4 is 5.97 Å². The molecular weight excluding hydrogens is 338 g/mol. The van der Waals surface area contributed by atoms with E-state index in [0.29, 0.717) is 12.3 Å². The summed E-state index contributed by atoms with van der Waals surface area (Å²) in [5.74, 6) is -0.549. The molecule has 0 spiro atoms. The number of aromatic amines is 1. The first-order valence-corrected chi connectivity index (χ1v) is 9.17. The number of carbonyl (C=O) groups excluding carboxylic acids is 1. The van der Waals surface area contributed by atoms with Gasteiger partial charge in [-0.1, -0.05) is 19.8 Å². The van der Waals surface area contributed by atoms with Gasteiger partial charge >= 0.3 is 5.97 Å². The van der Waals surface area contributed by atoms with Crippen LogP contribution in [0.3, 0.4) is 0 Å². The van der Waals surface area contributed by atoms with Gasteiger partial charge in [0.2, 0.25) is 0 Å². The Hall–Kier alpha value is -1.41. The van der Waals surface area contributed by atoms with Crippen LogP contribution in [0.5, 0.6) is 0 Å². The van der Waals surface area contributed by atoms with Crippen LogP contribution < -0.4 is 0 Å². The van der Waals surface area contributed by atoms with Crippen molar-refractivity contribution in [2.24, 2.45) is 0 Å². The molecule has 0 aliphatic carbocycles. The molecule has 1 fully saturated rings. The first-order valence-electron chi connectivity index (χ1n) is 9.17. The second kappa shape index (κ2) is 8.99. The first-order chi connectivity index (χ1) is 12.3. The van der Waals surface area contributed by atoms with E-state index in [0.717, 1.165) is 25.0 Å². The minimum absolute atomic E-state index is 0.328. The number of hydrogen-bond acceptors (Lipinski definition) is 6. The number of unbranched alkanes of at least 4 members (excludes halogenated alkanes) is 2. The highest BCUT2D eigenvalue weighted by atomic mass is 16.7. The molecule has 0 aromatic carbocycles. The van der Waals surface area contributed by atoms with Gasteiger partial charge in [0.15, 0.2) is 12.4 Å². The molecule has 1 aromatic heterocycles. The number of rotatable bonds is 8. The van der Waals surface area contributed by atoms with Crippen LogP contribution in [0.2, 0.25) is 0 Å². The Labute approximate surface area is 155 Å². The number of methoxy groups -OCH3 is 1. The van der Waals surface area contributed by atoms with Crippen LogP contribution in [0, 0.1) is 6.92 Å². The van der Waals surface area contributed by atoms with Crippen LogP contribution in [0.15, 0.2) is 12.1 Å². The van der Waals surface area contributed by atoms with Gasteiger partial charge in [-0.3, -0.25) is 0 Å². The fourth-order valence-corrected chi connectivity index (χ4v) is 3.21. The lowest BCUT2D eigenvalue weighted by molar-refractivity contribution is -0.325. The second-order valence-corrected chi connectivity index (χ2v) is 7.24. The molecule has 7 nitrogen and oxygen atoms in total. The number of ether oxygens (including phenoxy) is 4. The Morgan fingerprint density at radius 3 is 2.65 bits per heavy atom. The number of nitrogens with one attached hydrogen (secondary N) is 1. The lowest BCUT2D eigenvalue weighted by Gasteiger charge is -2.47. The van der Waals surface area contributed by atoms with Gasteiger partial charge in [-0.2, -0.15) is 0 Å². The molecule has 1 saturated heterocycles. The van der Waals surface area contributed by atoms with Crippen LogP contribution in [0.4, 0.5) is 0 Å². The third kappa shape index (κ3) is 4.85. The summed E-state index contributed by atoms with van der Waals surface area (Å²) in [5.41, 5.74) is 0.388. The lowest BCUT2D eigenvalue weighted by atomic mass is 9.89. The van der Waals surface area contributed by atoms with Gasteiger partial charge in [0.05, 0.1) is 5.60 Å².